The summed E-state index contributed by atoms with van der Waals surface area (Å²) in [5.74, 6) is -0.918. The van der Waals surface area contributed by atoms with Gasteiger partial charge in [-0.05, 0) is 73.5 Å². The lowest BCUT2D eigenvalue weighted by Gasteiger charge is -2.30. The van der Waals surface area contributed by atoms with E-state index in [0.717, 1.165) is 47.0 Å². The van der Waals surface area contributed by atoms with Gasteiger partial charge in [0.05, 0.1) is 11.7 Å². The van der Waals surface area contributed by atoms with Gasteiger partial charge in [-0.15, -0.1) is 0 Å². The second-order valence-electron chi connectivity index (χ2n) is 10.2. The predicted molar refractivity (Wildman–Crippen MR) is 134 cm³/mol. The third-order valence-electron chi connectivity index (χ3n) is 7.86. The summed E-state index contributed by atoms with van der Waals surface area (Å²) >= 11 is 0. The number of anilines is 1. The fraction of sp³-hybridized carbons (Fsp3) is 0.407. The standard InChI is InChI=1S/C27H29N5O3/c28-14-16(15-29-18-8-11-30-27(13-18)9-10-27)12-17-4-5-21-24-19(17)2-1-3-20(24)26(35)32(21)22-6-7-23(33)31-25(22)34/h1-5,14-15,18,22,30H,6-13,28H2,(H,31,33,34)/t18-,22?/m0/s1. The number of nitrogens with zero attached hydrogens (tertiary/aromatic N) is 2. The Labute approximate surface area is 203 Å². The lowest BCUT2D eigenvalue weighted by Crippen LogP contribution is -2.53. The van der Waals surface area contributed by atoms with Crippen LogP contribution in [-0.2, 0) is 16.0 Å². The predicted octanol–water partition coefficient (Wildman–Crippen LogP) is 2.35. The van der Waals surface area contributed by atoms with E-state index in [9.17, 15) is 14.4 Å². The molecule has 1 aliphatic carbocycles. The highest BCUT2D eigenvalue weighted by Gasteiger charge is 2.45. The summed E-state index contributed by atoms with van der Waals surface area (Å²) in [5, 5.41) is 7.81. The average molecular weight is 472 g/mol. The molecular formula is C27H29N5O3. The maximum atomic E-state index is 13.3. The zero-order valence-corrected chi connectivity index (χ0v) is 19.5. The molecule has 2 saturated heterocycles. The molecule has 0 radical (unpaired) electrons. The third kappa shape index (κ3) is 3.82. The normalized spacial score (nSPS) is 25.7. The number of rotatable bonds is 5. The molecule has 1 spiro atoms. The average Bonchev–Trinajstić information content (AvgIpc) is 3.54. The van der Waals surface area contributed by atoms with Crippen molar-refractivity contribution in [2.75, 3.05) is 11.4 Å². The molecule has 4 aliphatic rings. The largest absolute Gasteiger partial charge is 0.404 e. The van der Waals surface area contributed by atoms with Gasteiger partial charge in [-0.2, -0.15) is 0 Å². The van der Waals surface area contributed by atoms with Crippen LogP contribution in [-0.4, -0.2) is 48.1 Å². The van der Waals surface area contributed by atoms with Crippen molar-refractivity contribution in [3.8, 4) is 0 Å². The third-order valence-corrected chi connectivity index (χ3v) is 7.86. The summed E-state index contributed by atoms with van der Waals surface area (Å²) in [5.41, 5.74) is 9.60. The molecule has 8 heteroatoms. The maximum absolute atomic E-state index is 13.3. The van der Waals surface area contributed by atoms with E-state index in [4.69, 9.17) is 10.7 Å². The van der Waals surface area contributed by atoms with Crippen molar-refractivity contribution in [3.05, 3.63) is 53.2 Å². The van der Waals surface area contributed by atoms with Gasteiger partial charge in [0.2, 0.25) is 11.8 Å². The fourth-order valence-corrected chi connectivity index (χ4v) is 5.82. The SMILES string of the molecule is NC=C(C=N[C@H]1CCNC2(CC2)C1)Cc1ccc2c3c(cccc13)C(=O)N2C1CCC(=O)NC1=O. The number of piperidine rings is 2. The van der Waals surface area contributed by atoms with Crippen LogP contribution in [0.3, 0.4) is 0 Å². The molecule has 1 unspecified atom stereocenters. The molecule has 2 atom stereocenters. The number of allylic oxidation sites excluding steroid dienone is 1. The summed E-state index contributed by atoms with van der Waals surface area (Å²) in [7, 11) is 0. The van der Waals surface area contributed by atoms with E-state index >= 15 is 0 Å². The fourth-order valence-electron chi connectivity index (χ4n) is 5.82. The van der Waals surface area contributed by atoms with Crippen LogP contribution in [0.5, 0.6) is 0 Å². The summed E-state index contributed by atoms with van der Waals surface area (Å²) in [6.45, 7) is 1.01. The quantitative estimate of drug-likeness (QED) is 0.457. The minimum absolute atomic E-state index is 0.201. The second kappa shape index (κ2) is 8.30. The number of nitrogens with two attached hydrogens (primary N) is 1. The number of benzene rings is 2. The van der Waals surface area contributed by atoms with E-state index in [1.54, 1.807) is 17.2 Å². The van der Waals surface area contributed by atoms with Crippen molar-refractivity contribution in [2.45, 2.75) is 62.6 Å². The Bertz CT molecular complexity index is 1310. The van der Waals surface area contributed by atoms with Crippen LogP contribution < -0.4 is 21.3 Å². The molecule has 4 N–H and O–H groups in total. The van der Waals surface area contributed by atoms with E-state index in [-0.39, 0.29) is 18.2 Å². The molecule has 8 nitrogen and oxygen atoms in total. The molecule has 180 valence electrons. The summed E-state index contributed by atoms with van der Waals surface area (Å²) in [6, 6.07) is 9.23. The van der Waals surface area contributed by atoms with Crippen LogP contribution in [0.25, 0.3) is 10.8 Å². The first-order valence-electron chi connectivity index (χ1n) is 12.4. The first-order valence-corrected chi connectivity index (χ1v) is 12.4. The van der Waals surface area contributed by atoms with E-state index in [2.05, 4.69) is 10.6 Å². The van der Waals surface area contributed by atoms with Gasteiger partial charge < -0.3 is 11.1 Å². The van der Waals surface area contributed by atoms with Gasteiger partial charge in [0.1, 0.15) is 6.04 Å². The molecule has 35 heavy (non-hydrogen) atoms. The molecule has 0 bridgehead atoms. The first-order chi connectivity index (χ1) is 17.0. The van der Waals surface area contributed by atoms with Crippen LogP contribution in [0.2, 0.25) is 0 Å². The number of amides is 3. The minimum Gasteiger partial charge on any atom is -0.404 e. The molecule has 3 heterocycles. The smallest absolute Gasteiger partial charge is 0.259 e. The summed E-state index contributed by atoms with van der Waals surface area (Å²) in [6.07, 6.45) is 9.28. The molecule has 2 aromatic rings. The molecule has 3 fully saturated rings. The van der Waals surface area contributed by atoms with Gasteiger partial charge >= 0.3 is 0 Å². The Hall–Kier alpha value is -3.52. The number of hydrogen-bond acceptors (Lipinski definition) is 6. The second-order valence-corrected chi connectivity index (χ2v) is 10.2. The van der Waals surface area contributed by atoms with Crippen molar-refractivity contribution in [1.82, 2.24) is 10.6 Å². The molecular weight excluding hydrogens is 442 g/mol. The Morgan fingerprint density at radius 2 is 2.03 bits per heavy atom. The zero-order valence-electron chi connectivity index (χ0n) is 19.5. The number of nitrogens with one attached hydrogen (secondary N) is 2. The van der Waals surface area contributed by atoms with Gasteiger partial charge in [0.15, 0.2) is 0 Å². The molecule has 0 aromatic heterocycles. The van der Waals surface area contributed by atoms with E-state index in [1.807, 2.05) is 30.5 Å². The van der Waals surface area contributed by atoms with Crippen LogP contribution in [0.1, 0.15) is 54.4 Å². The first kappa shape index (κ1) is 22.0. The van der Waals surface area contributed by atoms with Gasteiger partial charge in [-0.3, -0.25) is 29.6 Å². The Kier molecular flexibility index (Phi) is 5.21. The summed E-state index contributed by atoms with van der Waals surface area (Å²) < 4.78 is 0. The van der Waals surface area contributed by atoms with Gasteiger partial charge in [-0.25, -0.2) is 0 Å². The van der Waals surface area contributed by atoms with Gasteiger partial charge in [0, 0.05) is 35.5 Å². The highest BCUT2D eigenvalue weighted by Crippen LogP contribution is 2.43. The van der Waals surface area contributed by atoms with Gasteiger partial charge in [0.25, 0.3) is 5.91 Å². The lowest BCUT2D eigenvalue weighted by molar-refractivity contribution is -0.134. The van der Waals surface area contributed by atoms with Crippen molar-refractivity contribution in [2.24, 2.45) is 10.7 Å². The molecule has 3 amide bonds. The summed E-state index contributed by atoms with van der Waals surface area (Å²) in [4.78, 5) is 43.9. The maximum Gasteiger partial charge on any atom is 0.259 e. The Morgan fingerprint density at radius 3 is 2.80 bits per heavy atom. The topological polar surface area (TPSA) is 117 Å². The number of aliphatic imine (C=N–C) groups is 1. The monoisotopic (exact) mass is 471 g/mol. The van der Waals surface area contributed by atoms with E-state index in [1.165, 1.54) is 12.8 Å². The molecule has 1 saturated carbocycles. The van der Waals surface area contributed by atoms with Crippen LogP contribution in [0, 0.1) is 0 Å². The highest BCUT2D eigenvalue weighted by atomic mass is 16.2. The van der Waals surface area contributed by atoms with Crippen molar-refractivity contribution in [1.29, 1.82) is 0 Å². The number of carbonyl (C=O) groups is 3. The van der Waals surface area contributed by atoms with Crippen LogP contribution in [0.15, 0.2) is 47.1 Å². The Morgan fingerprint density at radius 1 is 1.17 bits per heavy atom. The number of carbonyl (C=O) groups excluding carboxylic acids is 3. The van der Waals surface area contributed by atoms with Crippen molar-refractivity contribution < 1.29 is 14.4 Å². The van der Waals surface area contributed by atoms with Crippen LogP contribution >= 0.6 is 0 Å². The molecule has 2 aromatic carbocycles. The van der Waals surface area contributed by atoms with Gasteiger partial charge in [-0.1, -0.05) is 18.2 Å². The Balaban J connectivity index is 1.28. The van der Waals surface area contributed by atoms with Crippen molar-refractivity contribution in [3.63, 3.8) is 0 Å². The van der Waals surface area contributed by atoms with E-state index in [0.29, 0.717) is 30.0 Å². The lowest BCUT2D eigenvalue weighted by atomic mass is 9.96. The zero-order chi connectivity index (χ0) is 24.2. The van der Waals surface area contributed by atoms with Crippen molar-refractivity contribution >= 4 is 40.4 Å². The number of hydrogen-bond donors (Lipinski definition) is 3. The van der Waals surface area contributed by atoms with E-state index < -0.39 is 11.9 Å². The van der Waals surface area contributed by atoms with Crippen LogP contribution in [0.4, 0.5) is 5.69 Å². The number of imide groups is 1. The minimum atomic E-state index is -0.687. The molecule has 3 aliphatic heterocycles. The highest BCUT2D eigenvalue weighted by molar-refractivity contribution is 6.27. The molecule has 6 rings (SSSR count).